The van der Waals surface area contributed by atoms with E-state index in [0.29, 0.717) is 11.1 Å². The number of hydrogen-bond acceptors (Lipinski definition) is 2. The van der Waals surface area contributed by atoms with E-state index in [2.05, 4.69) is 4.74 Å². The average Bonchev–Trinajstić information content (AvgIpc) is 2.17. The Labute approximate surface area is 102 Å². The van der Waals surface area contributed by atoms with Crippen molar-refractivity contribution in [1.82, 2.24) is 0 Å². The molecule has 1 saturated carbocycles. The molecule has 0 heterocycles. The summed E-state index contributed by atoms with van der Waals surface area (Å²) in [5.41, 5.74) is 5.58. The van der Waals surface area contributed by atoms with Crippen LogP contribution < -0.4 is 10.5 Å². The molecule has 1 aliphatic rings. The summed E-state index contributed by atoms with van der Waals surface area (Å²) in [6, 6.07) is 4.43. The summed E-state index contributed by atoms with van der Waals surface area (Å²) < 4.78 is 54.4. The van der Waals surface area contributed by atoms with Crippen molar-refractivity contribution < 1.29 is 22.3 Å². The van der Waals surface area contributed by atoms with Crippen LogP contribution in [0.25, 0.3) is 0 Å². The lowest BCUT2D eigenvalue weighted by atomic mass is 9.69. The molecule has 0 bridgehead atoms. The molecule has 0 aromatic heterocycles. The van der Waals surface area contributed by atoms with E-state index in [-0.39, 0.29) is 5.75 Å². The number of aryl methyl sites for hydroxylation is 1. The van der Waals surface area contributed by atoms with E-state index in [1.165, 1.54) is 12.1 Å². The number of rotatable bonds is 3. The van der Waals surface area contributed by atoms with Crippen molar-refractivity contribution in [2.75, 3.05) is 0 Å². The zero-order valence-corrected chi connectivity index (χ0v) is 9.72. The van der Waals surface area contributed by atoms with Crippen LogP contribution in [0.2, 0.25) is 0 Å². The summed E-state index contributed by atoms with van der Waals surface area (Å²) in [5, 5.41) is 0. The van der Waals surface area contributed by atoms with Gasteiger partial charge in [-0.25, -0.2) is 8.78 Å². The third-order valence-corrected chi connectivity index (χ3v) is 3.13. The molecule has 0 saturated heterocycles. The molecule has 0 atom stereocenters. The molecular weight excluding hydrogens is 250 g/mol. The van der Waals surface area contributed by atoms with E-state index in [1.54, 1.807) is 13.0 Å². The van der Waals surface area contributed by atoms with Gasteiger partial charge in [-0.3, -0.25) is 0 Å². The van der Waals surface area contributed by atoms with E-state index in [4.69, 9.17) is 5.73 Å². The molecule has 1 fully saturated rings. The Balaban J connectivity index is 2.25. The zero-order valence-electron chi connectivity index (χ0n) is 9.72. The first kappa shape index (κ1) is 13.1. The summed E-state index contributed by atoms with van der Waals surface area (Å²) in [6.07, 6.45) is -0.950. The van der Waals surface area contributed by atoms with Crippen LogP contribution in [-0.2, 0) is 5.54 Å². The molecule has 2 rings (SSSR count). The van der Waals surface area contributed by atoms with E-state index in [9.17, 15) is 17.6 Å². The van der Waals surface area contributed by atoms with Crippen LogP contribution in [0.5, 0.6) is 5.75 Å². The summed E-state index contributed by atoms with van der Waals surface area (Å²) in [7, 11) is 0. The standard InChI is InChI=1S/C12H13F4NO/c1-7-2-3-8(4-9(7)18-10(13)14)11(17)5-12(15,16)6-11/h2-4,10H,5-6,17H2,1H3. The van der Waals surface area contributed by atoms with Gasteiger partial charge < -0.3 is 10.5 Å². The van der Waals surface area contributed by atoms with Gasteiger partial charge in [0, 0.05) is 12.8 Å². The first-order chi connectivity index (χ1) is 8.22. The lowest BCUT2D eigenvalue weighted by molar-refractivity contribution is -0.125. The third kappa shape index (κ3) is 2.43. The third-order valence-electron chi connectivity index (χ3n) is 3.13. The fraction of sp³-hybridized carbons (Fsp3) is 0.500. The van der Waals surface area contributed by atoms with Gasteiger partial charge in [-0.15, -0.1) is 0 Å². The van der Waals surface area contributed by atoms with Crippen molar-refractivity contribution in [3.05, 3.63) is 29.3 Å². The topological polar surface area (TPSA) is 35.2 Å². The Morgan fingerprint density at radius 2 is 1.89 bits per heavy atom. The van der Waals surface area contributed by atoms with Crippen molar-refractivity contribution in [1.29, 1.82) is 0 Å². The van der Waals surface area contributed by atoms with Gasteiger partial charge in [-0.05, 0) is 24.1 Å². The SMILES string of the molecule is Cc1ccc(C2(N)CC(F)(F)C2)cc1OC(F)F. The van der Waals surface area contributed by atoms with E-state index < -0.39 is 30.9 Å². The van der Waals surface area contributed by atoms with Gasteiger partial charge in [0.2, 0.25) is 0 Å². The van der Waals surface area contributed by atoms with Crippen molar-refractivity contribution in [3.63, 3.8) is 0 Å². The molecule has 0 aliphatic heterocycles. The Kier molecular flexibility index (Phi) is 3.01. The Morgan fingerprint density at radius 1 is 1.28 bits per heavy atom. The molecule has 1 aliphatic carbocycles. The van der Waals surface area contributed by atoms with Crippen molar-refractivity contribution in [2.24, 2.45) is 5.73 Å². The van der Waals surface area contributed by atoms with E-state index in [1.807, 2.05) is 0 Å². The maximum absolute atomic E-state index is 12.9. The van der Waals surface area contributed by atoms with Gasteiger partial charge in [0.25, 0.3) is 5.92 Å². The summed E-state index contributed by atoms with van der Waals surface area (Å²) >= 11 is 0. The lowest BCUT2D eigenvalue weighted by Crippen LogP contribution is -2.55. The van der Waals surface area contributed by atoms with Crippen LogP contribution in [0, 0.1) is 6.92 Å². The number of benzene rings is 1. The molecule has 18 heavy (non-hydrogen) atoms. The van der Waals surface area contributed by atoms with Crippen LogP contribution >= 0.6 is 0 Å². The highest BCUT2D eigenvalue weighted by Crippen LogP contribution is 2.50. The molecule has 6 heteroatoms. The van der Waals surface area contributed by atoms with Crippen LogP contribution in [0.4, 0.5) is 17.6 Å². The minimum atomic E-state index is -2.95. The number of halogens is 4. The molecule has 2 nitrogen and oxygen atoms in total. The largest absolute Gasteiger partial charge is 0.435 e. The van der Waals surface area contributed by atoms with Crippen molar-refractivity contribution >= 4 is 0 Å². The van der Waals surface area contributed by atoms with Gasteiger partial charge >= 0.3 is 6.61 Å². The van der Waals surface area contributed by atoms with Gasteiger partial charge in [0.15, 0.2) is 0 Å². The highest BCUT2D eigenvalue weighted by atomic mass is 19.3. The molecule has 0 amide bonds. The average molecular weight is 263 g/mol. The normalized spacial score (nSPS) is 20.6. The van der Waals surface area contributed by atoms with Crippen LogP contribution in [0.1, 0.15) is 24.0 Å². The van der Waals surface area contributed by atoms with E-state index in [0.717, 1.165) is 0 Å². The quantitative estimate of drug-likeness (QED) is 0.850. The van der Waals surface area contributed by atoms with Crippen molar-refractivity contribution in [2.45, 2.75) is 37.8 Å². The Morgan fingerprint density at radius 3 is 2.39 bits per heavy atom. The maximum Gasteiger partial charge on any atom is 0.387 e. The van der Waals surface area contributed by atoms with Gasteiger partial charge in [-0.1, -0.05) is 12.1 Å². The monoisotopic (exact) mass is 263 g/mol. The number of alkyl halides is 4. The van der Waals surface area contributed by atoms with Gasteiger partial charge in [0.05, 0.1) is 5.54 Å². The second-order valence-corrected chi connectivity index (χ2v) is 4.72. The van der Waals surface area contributed by atoms with Crippen molar-refractivity contribution in [3.8, 4) is 5.75 Å². The minimum Gasteiger partial charge on any atom is -0.435 e. The van der Waals surface area contributed by atoms with Gasteiger partial charge in [-0.2, -0.15) is 8.78 Å². The molecule has 0 radical (unpaired) electrons. The summed E-state index contributed by atoms with van der Waals surface area (Å²) in [6.45, 7) is -1.35. The van der Waals surface area contributed by atoms with Crippen LogP contribution in [0.3, 0.4) is 0 Å². The molecule has 100 valence electrons. The Bertz CT molecular complexity index is 453. The first-order valence-corrected chi connectivity index (χ1v) is 5.45. The molecular formula is C12H13F4NO. The number of hydrogen-bond donors (Lipinski definition) is 1. The second kappa shape index (κ2) is 4.12. The summed E-state index contributed by atoms with van der Waals surface area (Å²) in [4.78, 5) is 0. The minimum absolute atomic E-state index is 0.0254. The zero-order chi connectivity index (χ0) is 13.6. The van der Waals surface area contributed by atoms with Crippen LogP contribution in [0.15, 0.2) is 18.2 Å². The second-order valence-electron chi connectivity index (χ2n) is 4.72. The fourth-order valence-corrected chi connectivity index (χ4v) is 2.21. The highest BCUT2D eigenvalue weighted by Gasteiger charge is 2.55. The molecule has 0 unspecified atom stereocenters. The fourth-order valence-electron chi connectivity index (χ4n) is 2.21. The summed E-state index contributed by atoms with van der Waals surface area (Å²) in [5.74, 6) is -2.80. The highest BCUT2D eigenvalue weighted by molar-refractivity contribution is 5.41. The van der Waals surface area contributed by atoms with E-state index >= 15 is 0 Å². The maximum atomic E-state index is 12.9. The number of ether oxygens (including phenoxy) is 1. The molecule has 1 aromatic carbocycles. The smallest absolute Gasteiger partial charge is 0.387 e. The first-order valence-electron chi connectivity index (χ1n) is 5.45. The van der Waals surface area contributed by atoms with Crippen LogP contribution in [-0.4, -0.2) is 12.5 Å². The molecule has 1 aromatic rings. The predicted molar refractivity (Wildman–Crippen MR) is 57.9 cm³/mol. The predicted octanol–water partition coefficient (Wildman–Crippen LogP) is 3.18. The van der Waals surface area contributed by atoms with Gasteiger partial charge in [0.1, 0.15) is 5.75 Å². The number of nitrogens with two attached hydrogens (primary N) is 1. The Hall–Kier alpha value is -1.30. The molecule has 2 N–H and O–H groups in total. The molecule has 0 spiro atoms. The lowest BCUT2D eigenvalue weighted by Gasteiger charge is -2.45.